The minimum Gasteiger partial charge on any atom is -0.493 e. The van der Waals surface area contributed by atoms with Gasteiger partial charge in [-0.25, -0.2) is 4.98 Å². The second-order valence-corrected chi connectivity index (χ2v) is 10.5. The Labute approximate surface area is 249 Å². The molecule has 222 valence electrons. The van der Waals surface area contributed by atoms with Gasteiger partial charge in [0.2, 0.25) is 0 Å². The molecule has 0 saturated heterocycles. The number of carbonyl (C=O) groups excluding carboxylic acids is 1. The highest BCUT2D eigenvalue weighted by molar-refractivity contribution is 5.77. The van der Waals surface area contributed by atoms with Crippen LogP contribution in [0.15, 0.2) is 66.7 Å². The number of nitrogens with one attached hydrogen (secondary N) is 1. The Bertz CT molecular complexity index is 1490. The molecule has 3 aromatic carbocycles. The van der Waals surface area contributed by atoms with Crippen molar-refractivity contribution in [1.82, 2.24) is 14.9 Å². The molecular formula is C35H43N3O4. The predicted molar refractivity (Wildman–Crippen MR) is 170 cm³/mol. The molecule has 0 fully saturated rings. The third-order valence-electron chi connectivity index (χ3n) is 7.17. The average molecular weight is 570 g/mol. The number of nitrogens with zero attached hydrogens (tertiary/aromatic N) is 2. The molecule has 0 radical (unpaired) electrons. The lowest BCUT2D eigenvalue weighted by molar-refractivity contribution is -0.123. The number of hydrogen-bond donors (Lipinski definition) is 1. The first-order valence-electron chi connectivity index (χ1n) is 14.8. The third kappa shape index (κ3) is 8.62. The zero-order valence-corrected chi connectivity index (χ0v) is 25.3. The molecule has 0 bridgehead atoms. The molecule has 1 amide bonds. The van der Waals surface area contributed by atoms with Crippen molar-refractivity contribution >= 4 is 23.0 Å². The molecule has 0 spiro atoms. The lowest BCUT2D eigenvalue weighted by atomic mass is 10.1. The zero-order valence-electron chi connectivity index (χ0n) is 25.3. The van der Waals surface area contributed by atoms with E-state index >= 15 is 0 Å². The second-order valence-electron chi connectivity index (χ2n) is 10.5. The lowest BCUT2D eigenvalue weighted by Crippen LogP contribution is -2.29. The minimum atomic E-state index is -0.0914. The number of carbonyl (C=O) groups is 1. The fourth-order valence-corrected chi connectivity index (χ4v) is 4.94. The molecule has 4 rings (SSSR count). The van der Waals surface area contributed by atoms with Gasteiger partial charge in [-0.1, -0.05) is 48.9 Å². The van der Waals surface area contributed by atoms with Gasteiger partial charge in [0.05, 0.1) is 24.8 Å². The van der Waals surface area contributed by atoms with Crippen LogP contribution in [0, 0.1) is 13.8 Å². The van der Waals surface area contributed by atoms with Crippen LogP contribution in [0.4, 0.5) is 0 Å². The monoisotopic (exact) mass is 569 g/mol. The van der Waals surface area contributed by atoms with Crippen molar-refractivity contribution in [2.75, 3.05) is 26.9 Å². The number of imidazole rings is 1. The summed E-state index contributed by atoms with van der Waals surface area (Å²) >= 11 is 0. The average Bonchev–Trinajstić information content (AvgIpc) is 3.35. The van der Waals surface area contributed by atoms with Crippen molar-refractivity contribution < 1.29 is 19.0 Å². The number of amides is 1. The molecule has 7 nitrogen and oxygen atoms in total. The van der Waals surface area contributed by atoms with Crippen molar-refractivity contribution in [2.24, 2.45) is 0 Å². The van der Waals surface area contributed by atoms with Crippen molar-refractivity contribution in [3.63, 3.8) is 0 Å². The van der Waals surface area contributed by atoms with Gasteiger partial charge in [-0.15, -0.1) is 0 Å². The molecule has 1 heterocycles. The van der Waals surface area contributed by atoms with E-state index in [0.29, 0.717) is 13.2 Å². The maximum absolute atomic E-state index is 12.2. The van der Waals surface area contributed by atoms with Gasteiger partial charge in [0.15, 0.2) is 18.1 Å². The van der Waals surface area contributed by atoms with Crippen LogP contribution in [0.2, 0.25) is 0 Å². The number of unbranched alkanes of at least 4 members (excludes halogenated alkanes) is 2. The molecule has 0 atom stereocenters. The van der Waals surface area contributed by atoms with E-state index in [1.807, 2.05) is 75.4 Å². The number of fused-ring (bicyclic) bond motifs is 1. The van der Waals surface area contributed by atoms with Crippen LogP contribution in [-0.2, 0) is 17.8 Å². The maximum Gasteiger partial charge on any atom is 0.257 e. The Balaban J connectivity index is 1.21. The van der Waals surface area contributed by atoms with E-state index in [4.69, 9.17) is 19.2 Å². The van der Waals surface area contributed by atoms with Crippen LogP contribution in [0.3, 0.4) is 0 Å². The number of aryl methyl sites for hydroxylation is 4. The van der Waals surface area contributed by atoms with Crippen LogP contribution in [0.5, 0.6) is 17.2 Å². The number of rotatable bonds is 16. The van der Waals surface area contributed by atoms with Crippen LogP contribution in [0.25, 0.3) is 17.1 Å². The smallest absolute Gasteiger partial charge is 0.257 e. The Morgan fingerprint density at radius 3 is 2.62 bits per heavy atom. The van der Waals surface area contributed by atoms with E-state index in [0.717, 1.165) is 89.4 Å². The van der Waals surface area contributed by atoms with Crippen molar-refractivity contribution in [1.29, 1.82) is 0 Å². The van der Waals surface area contributed by atoms with Crippen molar-refractivity contribution in [3.8, 4) is 17.2 Å². The fourth-order valence-electron chi connectivity index (χ4n) is 4.94. The predicted octanol–water partition coefficient (Wildman–Crippen LogP) is 7.07. The summed E-state index contributed by atoms with van der Waals surface area (Å²) in [6.45, 7) is 8.08. The van der Waals surface area contributed by atoms with Gasteiger partial charge in [-0.3, -0.25) is 4.79 Å². The van der Waals surface area contributed by atoms with Gasteiger partial charge in [0.25, 0.3) is 5.91 Å². The minimum absolute atomic E-state index is 0.0341. The summed E-state index contributed by atoms with van der Waals surface area (Å²) in [6, 6.07) is 20.3. The van der Waals surface area contributed by atoms with Gasteiger partial charge in [-0.2, -0.15) is 0 Å². The molecular weight excluding hydrogens is 526 g/mol. The van der Waals surface area contributed by atoms with Crippen LogP contribution in [0.1, 0.15) is 55.1 Å². The summed E-state index contributed by atoms with van der Waals surface area (Å²) < 4.78 is 19.6. The first-order chi connectivity index (χ1) is 20.5. The summed E-state index contributed by atoms with van der Waals surface area (Å²) in [5.74, 6) is 3.26. The van der Waals surface area contributed by atoms with Crippen LogP contribution in [-0.4, -0.2) is 42.3 Å². The molecule has 7 heteroatoms. The first kappa shape index (κ1) is 30.7. The maximum atomic E-state index is 12.2. The van der Waals surface area contributed by atoms with Crippen LogP contribution < -0.4 is 19.5 Å². The molecule has 0 aliphatic heterocycles. The molecule has 0 aliphatic carbocycles. The number of allylic oxidation sites excluding steroid dienone is 1. The number of benzene rings is 3. The highest BCUT2D eigenvalue weighted by Gasteiger charge is 2.11. The van der Waals surface area contributed by atoms with Gasteiger partial charge < -0.3 is 24.1 Å². The Morgan fingerprint density at radius 2 is 1.79 bits per heavy atom. The largest absolute Gasteiger partial charge is 0.493 e. The molecule has 1 N–H and O–H groups in total. The highest BCUT2D eigenvalue weighted by atomic mass is 16.5. The highest BCUT2D eigenvalue weighted by Crippen LogP contribution is 2.29. The van der Waals surface area contributed by atoms with Gasteiger partial charge in [0, 0.05) is 19.5 Å². The topological polar surface area (TPSA) is 74.6 Å². The Hall–Kier alpha value is -4.26. The molecule has 4 aromatic rings. The number of ether oxygens (including phenoxy) is 3. The quantitative estimate of drug-likeness (QED) is 0.146. The number of methoxy groups -OCH3 is 1. The van der Waals surface area contributed by atoms with E-state index in [-0.39, 0.29) is 12.5 Å². The van der Waals surface area contributed by atoms with Gasteiger partial charge in [0.1, 0.15) is 11.6 Å². The Kier molecular flexibility index (Phi) is 11.4. The lowest BCUT2D eigenvalue weighted by Gasteiger charge is -2.13. The van der Waals surface area contributed by atoms with Gasteiger partial charge in [-0.05, 0) is 87.1 Å². The van der Waals surface area contributed by atoms with E-state index in [9.17, 15) is 4.79 Å². The van der Waals surface area contributed by atoms with Crippen molar-refractivity contribution in [3.05, 3.63) is 89.3 Å². The van der Waals surface area contributed by atoms with Gasteiger partial charge >= 0.3 is 0 Å². The summed E-state index contributed by atoms with van der Waals surface area (Å²) in [7, 11) is 1.67. The molecule has 1 aromatic heterocycles. The Morgan fingerprint density at radius 1 is 0.929 bits per heavy atom. The van der Waals surface area contributed by atoms with E-state index in [2.05, 4.69) is 28.1 Å². The number of hydrogen-bond acceptors (Lipinski definition) is 5. The van der Waals surface area contributed by atoms with Crippen LogP contribution >= 0.6 is 0 Å². The summed E-state index contributed by atoms with van der Waals surface area (Å²) in [5.41, 5.74) is 5.40. The normalized spacial score (nSPS) is 11.2. The standard InChI is InChI=1S/C35H43N3O4/c1-5-12-28-18-19-31(33(24-28)40-4)41-22-11-21-38-30-14-9-8-13-29(30)37-34(38)15-7-6-10-20-36-35(39)25-42-32-23-26(2)16-17-27(32)3/h5,8-9,12-14,16-19,23-24H,6-7,10-11,15,20-22,25H2,1-4H3,(H,36,39)/b12-5+. The summed E-state index contributed by atoms with van der Waals surface area (Å²) in [4.78, 5) is 17.2. The number of para-hydroxylation sites is 2. The first-order valence-corrected chi connectivity index (χ1v) is 14.8. The molecule has 0 unspecified atom stereocenters. The molecule has 0 aliphatic rings. The van der Waals surface area contributed by atoms with E-state index in [1.54, 1.807) is 7.11 Å². The summed E-state index contributed by atoms with van der Waals surface area (Å²) in [6.07, 6.45) is 8.71. The number of aromatic nitrogens is 2. The van der Waals surface area contributed by atoms with E-state index < -0.39 is 0 Å². The second kappa shape index (κ2) is 15.7. The molecule has 42 heavy (non-hydrogen) atoms. The molecule has 0 saturated carbocycles. The summed E-state index contributed by atoms with van der Waals surface area (Å²) in [5, 5.41) is 2.97. The van der Waals surface area contributed by atoms with Crippen molar-refractivity contribution in [2.45, 2.75) is 59.4 Å². The SMILES string of the molecule is C/C=C/c1ccc(OCCCn2c(CCCCCNC(=O)COc3cc(C)ccc3C)nc3ccccc32)c(OC)c1. The third-order valence-corrected chi connectivity index (χ3v) is 7.17. The van der Waals surface area contributed by atoms with E-state index in [1.165, 1.54) is 0 Å². The fraction of sp³-hybridized carbons (Fsp3) is 0.371. The zero-order chi connectivity index (χ0) is 29.7.